The number of aromatic nitrogens is 2. The lowest BCUT2D eigenvalue weighted by atomic mass is 9.88. The maximum Gasteiger partial charge on any atom is 0.139 e. The minimum absolute atomic E-state index is 0.159. The molecule has 3 heterocycles. The molecule has 3 aromatic heterocycles. The molecule has 0 saturated heterocycles. The van der Waals surface area contributed by atoms with Crippen molar-refractivity contribution in [3.63, 3.8) is 0 Å². The fourth-order valence-electron chi connectivity index (χ4n) is 4.68. The Morgan fingerprint density at radius 2 is 1.70 bits per heavy atom. The second-order valence-electron chi connectivity index (χ2n) is 10.3. The summed E-state index contributed by atoms with van der Waals surface area (Å²) >= 11 is 0. The molecule has 0 N–H and O–H groups in total. The fourth-order valence-corrected chi connectivity index (χ4v) is 4.68. The quantitative estimate of drug-likeness (QED) is 0.287. The predicted molar refractivity (Wildman–Crippen MR) is 137 cm³/mol. The zero-order valence-electron chi connectivity index (χ0n) is 20.0. The van der Waals surface area contributed by atoms with Crippen molar-refractivity contribution in [1.29, 1.82) is 0 Å². The lowest BCUT2D eigenvalue weighted by molar-refractivity contribution is 0.411. The molecule has 0 spiro atoms. The summed E-state index contributed by atoms with van der Waals surface area (Å²) in [6, 6.07) is 23.3. The molecule has 0 amide bonds. The lowest BCUT2D eigenvalue weighted by Crippen LogP contribution is -2.09. The van der Waals surface area contributed by atoms with Crippen LogP contribution < -0.4 is 0 Å². The number of hydrogen-bond acceptors (Lipinski definition) is 3. The first-order valence-corrected chi connectivity index (χ1v) is 11.6. The molecule has 0 bridgehead atoms. The van der Waals surface area contributed by atoms with Crippen LogP contribution in [0.2, 0.25) is 0 Å². The van der Waals surface area contributed by atoms with Crippen LogP contribution in [0.3, 0.4) is 0 Å². The Kier molecular flexibility index (Phi) is 5.28. The van der Waals surface area contributed by atoms with Crippen molar-refractivity contribution in [2.24, 2.45) is 5.41 Å². The zero-order chi connectivity index (χ0) is 23.2. The smallest absolute Gasteiger partial charge is 0.139 e. The van der Waals surface area contributed by atoms with E-state index in [0.29, 0.717) is 0 Å². The van der Waals surface area contributed by atoms with Gasteiger partial charge in [-0.1, -0.05) is 58.0 Å². The topological polar surface area (TPSA) is 38.9 Å². The van der Waals surface area contributed by atoms with Crippen LogP contribution in [0.5, 0.6) is 0 Å². The van der Waals surface area contributed by atoms with Crippen LogP contribution in [-0.2, 0) is 6.42 Å². The molecule has 1 unspecified atom stereocenters. The molecular weight excluding hydrogens is 404 g/mol. The minimum atomic E-state index is 0.159. The van der Waals surface area contributed by atoms with Crippen LogP contribution in [0.25, 0.3) is 33.2 Å². The number of rotatable bonds is 4. The third kappa shape index (κ3) is 4.28. The lowest BCUT2D eigenvalue weighted by Gasteiger charge is -2.18. The molecule has 2 aromatic carbocycles. The molecule has 5 rings (SSSR count). The van der Waals surface area contributed by atoms with Gasteiger partial charge in [0.15, 0.2) is 0 Å². The molecule has 1 atom stereocenters. The molecule has 0 radical (unpaired) electrons. The molecule has 0 aliphatic carbocycles. The summed E-state index contributed by atoms with van der Waals surface area (Å²) in [7, 11) is 0. The summed E-state index contributed by atoms with van der Waals surface area (Å²) in [6.45, 7) is 11.0. The number of aryl methyl sites for hydroxylation is 1. The molecule has 0 aliphatic rings. The Labute approximate surface area is 195 Å². The Balaban J connectivity index is 1.67. The Morgan fingerprint density at radius 3 is 2.45 bits per heavy atom. The van der Waals surface area contributed by atoms with Crippen LogP contribution in [0.15, 0.2) is 77.3 Å². The van der Waals surface area contributed by atoms with Crippen molar-refractivity contribution in [2.45, 2.75) is 47.0 Å². The van der Waals surface area contributed by atoms with Gasteiger partial charge in [0.25, 0.3) is 0 Å². The summed E-state index contributed by atoms with van der Waals surface area (Å²) in [6.07, 6.45) is 2.93. The number of pyridine rings is 2. The highest BCUT2D eigenvalue weighted by Gasteiger charge is 2.20. The van der Waals surface area contributed by atoms with Gasteiger partial charge in [-0.2, -0.15) is 0 Å². The summed E-state index contributed by atoms with van der Waals surface area (Å²) in [5, 5.41) is 2.19. The third-order valence-electron chi connectivity index (χ3n) is 6.17. The first-order valence-electron chi connectivity index (χ1n) is 11.6. The molecular formula is C30H30N2O. The highest BCUT2D eigenvalue weighted by molar-refractivity contribution is 6.07. The summed E-state index contributed by atoms with van der Waals surface area (Å²) in [4.78, 5) is 9.67. The van der Waals surface area contributed by atoms with E-state index >= 15 is 0 Å². The van der Waals surface area contributed by atoms with Gasteiger partial charge in [0.2, 0.25) is 0 Å². The van der Waals surface area contributed by atoms with Crippen LogP contribution in [0, 0.1) is 12.3 Å². The van der Waals surface area contributed by atoms with E-state index in [-0.39, 0.29) is 11.3 Å². The van der Waals surface area contributed by atoms with Crippen molar-refractivity contribution in [2.75, 3.05) is 0 Å². The van der Waals surface area contributed by atoms with E-state index in [9.17, 15) is 0 Å². The van der Waals surface area contributed by atoms with E-state index in [0.717, 1.165) is 51.0 Å². The molecule has 0 saturated carbocycles. The SMILES string of the molecule is Cc1cc2oc3ccc(-c4cc(CC(C)(C)C)ccn4)cc3c2c(C(C)c2ccccc2)n1. The van der Waals surface area contributed by atoms with Gasteiger partial charge in [0.1, 0.15) is 11.2 Å². The van der Waals surface area contributed by atoms with Gasteiger partial charge in [0.05, 0.1) is 16.8 Å². The molecule has 0 aliphatic heterocycles. The average Bonchev–Trinajstić information content (AvgIpc) is 3.15. The maximum atomic E-state index is 6.28. The Hall–Kier alpha value is -3.46. The van der Waals surface area contributed by atoms with Gasteiger partial charge in [-0.05, 0) is 60.2 Å². The second-order valence-corrected chi connectivity index (χ2v) is 10.3. The third-order valence-corrected chi connectivity index (χ3v) is 6.17. The normalized spacial score (nSPS) is 13.0. The van der Waals surface area contributed by atoms with Gasteiger partial charge < -0.3 is 4.42 Å². The van der Waals surface area contributed by atoms with E-state index in [4.69, 9.17) is 9.40 Å². The van der Waals surface area contributed by atoms with Crippen LogP contribution >= 0.6 is 0 Å². The van der Waals surface area contributed by atoms with Crippen LogP contribution in [0.4, 0.5) is 0 Å². The van der Waals surface area contributed by atoms with E-state index in [1.807, 2.05) is 19.2 Å². The van der Waals surface area contributed by atoms with Gasteiger partial charge in [-0.3, -0.25) is 9.97 Å². The van der Waals surface area contributed by atoms with Gasteiger partial charge in [-0.25, -0.2) is 0 Å². The maximum absolute atomic E-state index is 6.28. The van der Waals surface area contributed by atoms with Crippen molar-refractivity contribution in [3.8, 4) is 11.3 Å². The molecule has 0 fully saturated rings. The molecule has 3 nitrogen and oxygen atoms in total. The first-order chi connectivity index (χ1) is 15.8. The molecule has 5 aromatic rings. The van der Waals surface area contributed by atoms with E-state index < -0.39 is 0 Å². The second kappa shape index (κ2) is 8.15. The van der Waals surface area contributed by atoms with Crippen molar-refractivity contribution in [3.05, 3.63) is 95.4 Å². The number of fused-ring (bicyclic) bond motifs is 3. The number of nitrogens with zero attached hydrogens (tertiary/aromatic N) is 2. The van der Waals surface area contributed by atoms with E-state index in [1.54, 1.807) is 0 Å². The minimum Gasteiger partial charge on any atom is -0.456 e. The summed E-state index contributed by atoms with van der Waals surface area (Å²) in [5.41, 5.74) is 8.67. The first kappa shape index (κ1) is 21.4. The largest absolute Gasteiger partial charge is 0.456 e. The molecule has 3 heteroatoms. The monoisotopic (exact) mass is 434 g/mol. The van der Waals surface area contributed by atoms with Gasteiger partial charge in [-0.15, -0.1) is 0 Å². The summed E-state index contributed by atoms with van der Waals surface area (Å²) in [5.74, 6) is 0.159. The predicted octanol–water partition coefficient (Wildman–Crippen LogP) is 8.09. The highest BCUT2D eigenvalue weighted by atomic mass is 16.3. The average molecular weight is 435 g/mol. The summed E-state index contributed by atoms with van der Waals surface area (Å²) < 4.78 is 6.28. The Bertz CT molecular complexity index is 1440. The van der Waals surface area contributed by atoms with Crippen molar-refractivity contribution in [1.82, 2.24) is 9.97 Å². The molecule has 33 heavy (non-hydrogen) atoms. The van der Waals surface area contributed by atoms with Crippen LogP contribution in [-0.4, -0.2) is 9.97 Å². The Morgan fingerprint density at radius 1 is 0.909 bits per heavy atom. The van der Waals surface area contributed by atoms with Crippen LogP contribution in [0.1, 0.15) is 56.1 Å². The number of hydrogen-bond donors (Lipinski definition) is 0. The van der Waals surface area contributed by atoms with E-state index in [2.05, 4.69) is 93.3 Å². The van der Waals surface area contributed by atoms with Gasteiger partial charge >= 0.3 is 0 Å². The number of furan rings is 1. The molecule has 166 valence electrons. The number of benzene rings is 2. The van der Waals surface area contributed by atoms with Gasteiger partial charge in [0, 0.05) is 34.8 Å². The van der Waals surface area contributed by atoms with Crippen molar-refractivity contribution >= 4 is 21.9 Å². The van der Waals surface area contributed by atoms with Crippen molar-refractivity contribution < 1.29 is 4.42 Å². The standard InChI is InChI=1S/C30H30N2O/c1-19-15-27-28(29(32-19)20(2)22-9-7-6-8-10-22)24-17-23(11-12-26(24)33-27)25-16-21(13-14-31-25)18-30(3,4)5/h6-17,20H,18H2,1-5H3. The highest BCUT2D eigenvalue weighted by Crippen LogP contribution is 2.38. The zero-order valence-corrected chi connectivity index (χ0v) is 20.0. The van der Waals surface area contributed by atoms with E-state index in [1.165, 1.54) is 11.1 Å². The fraction of sp³-hybridized carbons (Fsp3) is 0.267.